The molecule has 19 heavy (non-hydrogen) atoms. The summed E-state index contributed by atoms with van der Waals surface area (Å²) in [5.41, 5.74) is 1.18. The van der Waals surface area contributed by atoms with Crippen molar-refractivity contribution in [3.63, 3.8) is 0 Å². The molecule has 0 fully saturated rings. The first-order chi connectivity index (χ1) is 9.26. The molecule has 1 aliphatic rings. The van der Waals surface area contributed by atoms with E-state index in [1.54, 1.807) is 18.2 Å². The minimum atomic E-state index is 0.151. The third-order valence-electron chi connectivity index (χ3n) is 2.68. The Balaban J connectivity index is 1.81. The highest BCUT2D eigenvalue weighted by molar-refractivity contribution is 5.81. The van der Waals surface area contributed by atoms with Crippen molar-refractivity contribution in [3.8, 4) is 17.2 Å². The van der Waals surface area contributed by atoms with Crippen molar-refractivity contribution in [2.45, 2.75) is 13.5 Å². The van der Waals surface area contributed by atoms with E-state index >= 15 is 0 Å². The van der Waals surface area contributed by atoms with E-state index in [9.17, 15) is 4.79 Å². The summed E-state index contributed by atoms with van der Waals surface area (Å²) < 4.78 is 21.0. The summed E-state index contributed by atoms with van der Waals surface area (Å²) in [6, 6.07) is 5.00. The number of carbonyl (C=O) groups is 1. The molecule has 0 saturated heterocycles. The minimum absolute atomic E-state index is 0.151. The van der Waals surface area contributed by atoms with Gasteiger partial charge in [-0.25, -0.2) is 0 Å². The van der Waals surface area contributed by atoms with Crippen molar-refractivity contribution in [3.05, 3.63) is 35.2 Å². The topological polar surface area (TPSA) is 70.8 Å². The smallest absolute Gasteiger partial charge is 0.231 e. The molecule has 0 amide bonds. The van der Waals surface area contributed by atoms with Crippen molar-refractivity contribution >= 4 is 6.29 Å². The second-order valence-electron chi connectivity index (χ2n) is 4.08. The van der Waals surface area contributed by atoms with Gasteiger partial charge in [-0.05, 0) is 13.0 Å². The monoisotopic (exact) mass is 261 g/mol. The zero-order valence-corrected chi connectivity index (χ0v) is 10.2. The largest absolute Gasteiger partial charge is 0.485 e. The zero-order valence-electron chi connectivity index (χ0n) is 10.2. The number of nitrogens with zero attached hydrogens (tertiary/aromatic N) is 1. The van der Waals surface area contributed by atoms with Crippen molar-refractivity contribution < 1.29 is 23.5 Å². The minimum Gasteiger partial charge on any atom is -0.485 e. The molecule has 6 nitrogen and oxygen atoms in total. The molecule has 0 atom stereocenters. The molecule has 0 unspecified atom stereocenters. The summed E-state index contributed by atoms with van der Waals surface area (Å²) in [4.78, 5) is 11.0. The van der Waals surface area contributed by atoms with Crippen molar-refractivity contribution in [2.24, 2.45) is 0 Å². The Hall–Kier alpha value is -2.50. The zero-order chi connectivity index (χ0) is 13.2. The van der Waals surface area contributed by atoms with Crippen LogP contribution < -0.4 is 14.2 Å². The van der Waals surface area contributed by atoms with Crippen LogP contribution in [0.5, 0.6) is 17.2 Å². The Morgan fingerprint density at radius 3 is 2.79 bits per heavy atom. The number of fused-ring (bicyclic) bond motifs is 1. The maximum atomic E-state index is 11.0. The summed E-state index contributed by atoms with van der Waals surface area (Å²) >= 11 is 0. The lowest BCUT2D eigenvalue weighted by Crippen LogP contribution is -1.97. The number of ether oxygens (including phenoxy) is 3. The lowest BCUT2D eigenvalue weighted by molar-refractivity contribution is 0.111. The van der Waals surface area contributed by atoms with Crippen LogP contribution in [0.15, 0.2) is 22.7 Å². The quantitative estimate of drug-likeness (QED) is 0.785. The maximum absolute atomic E-state index is 11.0. The van der Waals surface area contributed by atoms with E-state index in [-0.39, 0.29) is 13.4 Å². The SMILES string of the molecule is Cc1cc(COc2cc3c(cc2C=O)OCO3)on1. The van der Waals surface area contributed by atoms with Crippen LogP contribution in [0.3, 0.4) is 0 Å². The number of aromatic nitrogens is 1. The Morgan fingerprint density at radius 1 is 1.32 bits per heavy atom. The Labute approximate surface area is 108 Å². The van der Waals surface area contributed by atoms with Gasteiger partial charge in [0.05, 0.1) is 11.3 Å². The van der Waals surface area contributed by atoms with Gasteiger partial charge in [-0.3, -0.25) is 4.79 Å². The predicted molar refractivity (Wildman–Crippen MR) is 63.5 cm³/mol. The van der Waals surface area contributed by atoms with Gasteiger partial charge in [0.2, 0.25) is 6.79 Å². The maximum Gasteiger partial charge on any atom is 0.231 e. The number of hydrogen-bond acceptors (Lipinski definition) is 6. The summed E-state index contributed by atoms with van der Waals surface area (Å²) in [5.74, 6) is 2.12. The molecule has 0 aliphatic carbocycles. The molecule has 0 radical (unpaired) electrons. The Morgan fingerprint density at radius 2 is 2.11 bits per heavy atom. The summed E-state index contributed by atoms with van der Waals surface area (Å²) in [6.45, 7) is 2.17. The number of aryl methyl sites for hydroxylation is 1. The van der Waals surface area contributed by atoms with Crippen LogP contribution in [0.4, 0.5) is 0 Å². The first-order valence-corrected chi connectivity index (χ1v) is 5.70. The standard InChI is InChI=1S/C13H11NO5/c1-8-2-10(19-14-8)6-16-11-4-13-12(17-7-18-13)3-9(11)5-15/h2-5H,6-7H2,1H3. The fourth-order valence-electron chi connectivity index (χ4n) is 1.79. The molecule has 1 aromatic carbocycles. The summed E-state index contributed by atoms with van der Waals surface area (Å²) in [6.07, 6.45) is 0.711. The van der Waals surface area contributed by atoms with Crippen molar-refractivity contribution in [1.29, 1.82) is 0 Å². The van der Waals surface area contributed by atoms with Gasteiger partial charge in [-0.2, -0.15) is 0 Å². The molecule has 6 heteroatoms. The Bertz CT molecular complexity index is 619. The number of hydrogen-bond donors (Lipinski definition) is 0. The molecule has 1 aromatic heterocycles. The fourth-order valence-corrected chi connectivity index (χ4v) is 1.79. The molecule has 0 bridgehead atoms. The fraction of sp³-hybridized carbons (Fsp3) is 0.231. The van der Waals surface area contributed by atoms with E-state index in [2.05, 4.69) is 5.16 Å². The number of rotatable bonds is 4. The van der Waals surface area contributed by atoms with Gasteiger partial charge in [-0.15, -0.1) is 0 Å². The lowest BCUT2D eigenvalue weighted by atomic mass is 10.2. The van der Waals surface area contributed by atoms with Crippen LogP contribution in [0, 0.1) is 6.92 Å². The van der Waals surface area contributed by atoms with Crippen LogP contribution in [0.25, 0.3) is 0 Å². The number of aldehydes is 1. The van der Waals surface area contributed by atoms with Crippen molar-refractivity contribution in [2.75, 3.05) is 6.79 Å². The van der Waals surface area contributed by atoms with Gasteiger partial charge in [0.1, 0.15) is 12.4 Å². The highest BCUT2D eigenvalue weighted by Gasteiger charge is 2.18. The number of benzene rings is 1. The lowest BCUT2D eigenvalue weighted by Gasteiger charge is -2.07. The first kappa shape index (κ1) is 11.6. The molecule has 3 rings (SSSR count). The van der Waals surface area contributed by atoms with Gasteiger partial charge < -0.3 is 18.7 Å². The van der Waals surface area contributed by atoms with E-state index < -0.39 is 0 Å². The van der Waals surface area contributed by atoms with Gasteiger partial charge in [0.15, 0.2) is 23.5 Å². The summed E-state index contributed by atoms with van der Waals surface area (Å²) in [7, 11) is 0. The normalized spacial score (nSPS) is 12.5. The molecule has 0 N–H and O–H groups in total. The number of carbonyl (C=O) groups excluding carboxylic acids is 1. The van der Waals surface area contributed by atoms with Crippen molar-refractivity contribution in [1.82, 2.24) is 5.16 Å². The van der Waals surface area contributed by atoms with Gasteiger partial charge in [-0.1, -0.05) is 5.16 Å². The highest BCUT2D eigenvalue weighted by Crippen LogP contribution is 2.37. The van der Waals surface area contributed by atoms with Crippen LogP contribution in [0.2, 0.25) is 0 Å². The second kappa shape index (κ2) is 4.64. The molecular weight excluding hydrogens is 250 g/mol. The highest BCUT2D eigenvalue weighted by atomic mass is 16.7. The predicted octanol–water partition coefficient (Wildman–Crippen LogP) is 2.10. The van der Waals surface area contributed by atoms with Gasteiger partial charge >= 0.3 is 0 Å². The van der Waals surface area contributed by atoms with E-state index in [0.717, 1.165) is 5.69 Å². The molecule has 2 aromatic rings. The molecule has 0 saturated carbocycles. The Kier molecular flexibility index (Phi) is 2.83. The van der Waals surface area contributed by atoms with Gasteiger partial charge in [0, 0.05) is 12.1 Å². The molecule has 98 valence electrons. The van der Waals surface area contributed by atoms with Gasteiger partial charge in [0.25, 0.3) is 0 Å². The third-order valence-corrected chi connectivity index (χ3v) is 2.68. The molecule has 1 aliphatic heterocycles. The van der Waals surface area contributed by atoms with E-state index in [4.69, 9.17) is 18.7 Å². The van der Waals surface area contributed by atoms with Crippen LogP contribution in [0.1, 0.15) is 21.8 Å². The summed E-state index contributed by atoms with van der Waals surface area (Å²) in [5, 5.41) is 3.76. The van der Waals surface area contributed by atoms with E-state index in [1.165, 1.54) is 0 Å². The first-order valence-electron chi connectivity index (χ1n) is 5.70. The molecule has 2 heterocycles. The average Bonchev–Trinajstić information content (AvgIpc) is 3.03. The van der Waals surface area contributed by atoms with E-state index in [1.807, 2.05) is 6.92 Å². The van der Waals surface area contributed by atoms with Crippen LogP contribution >= 0.6 is 0 Å². The third kappa shape index (κ3) is 2.24. The van der Waals surface area contributed by atoms with Crippen LogP contribution in [-0.2, 0) is 6.61 Å². The molecule has 0 spiro atoms. The van der Waals surface area contributed by atoms with Crippen LogP contribution in [-0.4, -0.2) is 18.2 Å². The average molecular weight is 261 g/mol. The second-order valence-corrected chi connectivity index (χ2v) is 4.08. The molecular formula is C13H11NO5. The van der Waals surface area contributed by atoms with E-state index in [0.29, 0.717) is 34.9 Å².